The van der Waals surface area contributed by atoms with Crippen molar-refractivity contribution in [3.05, 3.63) is 34.6 Å². The minimum Gasteiger partial charge on any atom is -0.335 e. The topological polar surface area (TPSA) is 78.5 Å². The van der Waals surface area contributed by atoms with Gasteiger partial charge >= 0.3 is 6.03 Å². The number of halogens is 2. The van der Waals surface area contributed by atoms with Crippen molar-refractivity contribution in [2.45, 2.75) is 44.3 Å². The standard InChI is InChI=1S/C16H17ClFN3O3/c17-11-2-1-3-12(18)10(11)8-21(9-4-5-9)14(22)7-6-13-15(23)20-16(24)19-13/h1-3,9,13H,4-8H2,(H2,19,20,23,24)/t13-/m0/s1. The van der Waals surface area contributed by atoms with Gasteiger partial charge in [-0.05, 0) is 31.4 Å². The molecule has 0 aromatic heterocycles. The molecule has 2 N–H and O–H groups in total. The van der Waals surface area contributed by atoms with Crippen molar-refractivity contribution >= 4 is 29.4 Å². The molecule has 128 valence electrons. The van der Waals surface area contributed by atoms with Crippen molar-refractivity contribution in [3.63, 3.8) is 0 Å². The van der Waals surface area contributed by atoms with E-state index in [1.807, 2.05) is 0 Å². The van der Waals surface area contributed by atoms with E-state index in [1.54, 1.807) is 11.0 Å². The molecule has 1 heterocycles. The second-order valence-corrected chi connectivity index (χ2v) is 6.41. The van der Waals surface area contributed by atoms with Gasteiger partial charge in [-0.25, -0.2) is 9.18 Å². The summed E-state index contributed by atoms with van der Waals surface area (Å²) in [6, 6.07) is 3.27. The molecule has 4 amide bonds. The van der Waals surface area contributed by atoms with Crippen molar-refractivity contribution in [2.75, 3.05) is 0 Å². The molecule has 0 unspecified atom stereocenters. The first-order valence-corrected chi connectivity index (χ1v) is 8.17. The van der Waals surface area contributed by atoms with Crippen LogP contribution in [0.2, 0.25) is 5.02 Å². The molecule has 1 aliphatic heterocycles. The molecular weight excluding hydrogens is 337 g/mol. The molecular formula is C16H17ClFN3O3. The number of hydrogen-bond donors (Lipinski definition) is 2. The van der Waals surface area contributed by atoms with Crippen molar-refractivity contribution in [1.29, 1.82) is 0 Å². The molecule has 1 saturated carbocycles. The van der Waals surface area contributed by atoms with Gasteiger partial charge in [0.1, 0.15) is 11.9 Å². The zero-order valence-corrected chi connectivity index (χ0v) is 13.6. The van der Waals surface area contributed by atoms with E-state index < -0.39 is 23.8 Å². The molecule has 1 aromatic carbocycles. The lowest BCUT2D eigenvalue weighted by Gasteiger charge is -2.24. The van der Waals surface area contributed by atoms with E-state index in [-0.39, 0.29) is 36.4 Å². The van der Waals surface area contributed by atoms with Gasteiger partial charge in [0.05, 0.1) is 6.54 Å². The summed E-state index contributed by atoms with van der Waals surface area (Å²) < 4.78 is 14.0. The molecule has 8 heteroatoms. The Balaban J connectivity index is 1.64. The highest BCUT2D eigenvalue weighted by Gasteiger charge is 2.35. The van der Waals surface area contributed by atoms with Crippen LogP contribution in [0.4, 0.5) is 9.18 Å². The molecule has 1 aromatic rings. The average molecular weight is 354 g/mol. The van der Waals surface area contributed by atoms with Crippen LogP contribution >= 0.6 is 11.6 Å². The fourth-order valence-corrected chi connectivity index (χ4v) is 2.96. The lowest BCUT2D eigenvalue weighted by Crippen LogP contribution is -2.35. The zero-order valence-electron chi connectivity index (χ0n) is 12.9. The molecule has 6 nitrogen and oxygen atoms in total. The van der Waals surface area contributed by atoms with Crippen LogP contribution in [0, 0.1) is 5.82 Å². The van der Waals surface area contributed by atoms with E-state index in [9.17, 15) is 18.8 Å². The van der Waals surface area contributed by atoms with E-state index in [1.165, 1.54) is 12.1 Å². The SMILES string of the molecule is O=C1NC(=O)[C@H](CCC(=O)N(Cc2c(F)cccc2Cl)C2CC2)N1. The lowest BCUT2D eigenvalue weighted by atomic mass is 10.1. The summed E-state index contributed by atoms with van der Waals surface area (Å²) >= 11 is 6.04. The summed E-state index contributed by atoms with van der Waals surface area (Å²) in [7, 11) is 0. The average Bonchev–Trinajstić information content (AvgIpc) is 3.30. The van der Waals surface area contributed by atoms with E-state index in [0.717, 1.165) is 12.8 Å². The second kappa shape index (κ2) is 6.76. The van der Waals surface area contributed by atoms with E-state index in [0.29, 0.717) is 5.56 Å². The van der Waals surface area contributed by atoms with Crippen LogP contribution in [0.25, 0.3) is 0 Å². The van der Waals surface area contributed by atoms with Crippen LogP contribution in [0.5, 0.6) is 0 Å². The van der Waals surface area contributed by atoms with E-state index in [4.69, 9.17) is 11.6 Å². The molecule has 2 fully saturated rings. The third-order valence-electron chi connectivity index (χ3n) is 4.20. The van der Waals surface area contributed by atoms with Crippen LogP contribution in [-0.2, 0) is 16.1 Å². The molecule has 0 spiro atoms. The van der Waals surface area contributed by atoms with Gasteiger partial charge in [-0.3, -0.25) is 14.9 Å². The summed E-state index contributed by atoms with van der Waals surface area (Å²) in [6.45, 7) is 0.109. The second-order valence-electron chi connectivity index (χ2n) is 6.01. The number of carbonyl (C=O) groups is 3. The lowest BCUT2D eigenvalue weighted by molar-refractivity contribution is -0.132. The Morgan fingerprint density at radius 1 is 1.33 bits per heavy atom. The van der Waals surface area contributed by atoms with Gasteiger partial charge in [0.15, 0.2) is 0 Å². The van der Waals surface area contributed by atoms with Crippen LogP contribution in [0.15, 0.2) is 18.2 Å². The highest BCUT2D eigenvalue weighted by atomic mass is 35.5. The van der Waals surface area contributed by atoms with Gasteiger partial charge in [-0.15, -0.1) is 0 Å². The Hall–Kier alpha value is -2.15. The maximum atomic E-state index is 14.0. The molecule has 1 saturated heterocycles. The first-order chi connectivity index (χ1) is 11.5. The number of carbonyl (C=O) groups excluding carboxylic acids is 3. The van der Waals surface area contributed by atoms with Crippen molar-refractivity contribution in [2.24, 2.45) is 0 Å². The van der Waals surface area contributed by atoms with Crippen molar-refractivity contribution in [1.82, 2.24) is 15.5 Å². The number of urea groups is 1. The molecule has 0 bridgehead atoms. The van der Waals surface area contributed by atoms with Crippen LogP contribution < -0.4 is 10.6 Å². The Kier molecular flexibility index (Phi) is 4.71. The van der Waals surface area contributed by atoms with Crippen molar-refractivity contribution < 1.29 is 18.8 Å². The minimum absolute atomic E-state index is 0.0835. The summed E-state index contributed by atoms with van der Waals surface area (Å²) in [4.78, 5) is 36.7. The number of hydrogen-bond acceptors (Lipinski definition) is 3. The Morgan fingerprint density at radius 3 is 2.67 bits per heavy atom. The van der Waals surface area contributed by atoms with Gasteiger partial charge in [0.2, 0.25) is 5.91 Å². The third-order valence-corrected chi connectivity index (χ3v) is 4.56. The van der Waals surface area contributed by atoms with Gasteiger partial charge in [0, 0.05) is 23.0 Å². The van der Waals surface area contributed by atoms with Crippen molar-refractivity contribution in [3.8, 4) is 0 Å². The number of nitrogens with one attached hydrogen (secondary N) is 2. The Bertz CT molecular complexity index is 673. The molecule has 3 rings (SSSR count). The molecule has 2 aliphatic rings. The number of nitrogens with zero attached hydrogens (tertiary/aromatic N) is 1. The normalized spacial score (nSPS) is 19.8. The maximum absolute atomic E-state index is 14.0. The first-order valence-electron chi connectivity index (χ1n) is 7.79. The number of rotatable bonds is 6. The van der Waals surface area contributed by atoms with E-state index >= 15 is 0 Å². The number of amides is 4. The fraction of sp³-hybridized carbons (Fsp3) is 0.438. The highest BCUT2D eigenvalue weighted by Crippen LogP contribution is 2.31. The summed E-state index contributed by atoms with van der Waals surface area (Å²) in [5, 5.41) is 4.88. The fourth-order valence-electron chi connectivity index (χ4n) is 2.73. The largest absolute Gasteiger partial charge is 0.335 e. The Morgan fingerprint density at radius 2 is 2.08 bits per heavy atom. The van der Waals surface area contributed by atoms with E-state index in [2.05, 4.69) is 10.6 Å². The van der Waals surface area contributed by atoms with Gasteiger partial charge in [0.25, 0.3) is 5.91 Å². The maximum Gasteiger partial charge on any atom is 0.322 e. The zero-order chi connectivity index (χ0) is 17.3. The van der Waals surface area contributed by atoms with Crippen LogP contribution in [-0.4, -0.2) is 34.8 Å². The first kappa shape index (κ1) is 16.7. The van der Waals surface area contributed by atoms with Gasteiger partial charge in [-0.1, -0.05) is 17.7 Å². The molecule has 24 heavy (non-hydrogen) atoms. The van der Waals surface area contributed by atoms with Gasteiger partial charge in [-0.2, -0.15) is 0 Å². The number of benzene rings is 1. The van der Waals surface area contributed by atoms with Crippen LogP contribution in [0.1, 0.15) is 31.2 Å². The smallest absolute Gasteiger partial charge is 0.322 e. The molecule has 1 aliphatic carbocycles. The quantitative estimate of drug-likeness (QED) is 0.767. The van der Waals surface area contributed by atoms with Crippen LogP contribution in [0.3, 0.4) is 0 Å². The molecule has 0 radical (unpaired) electrons. The minimum atomic E-state index is -0.695. The predicted octanol–water partition coefficient (Wildman–Crippen LogP) is 1.96. The summed E-state index contributed by atoms with van der Waals surface area (Å²) in [5.41, 5.74) is 0.298. The summed E-state index contributed by atoms with van der Waals surface area (Å²) in [5.74, 6) is -1.04. The Labute approximate surface area is 143 Å². The summed E-state index contributed by atoms with van der Waals surface area (Å²) in [6.07, 6.45) is 2.06. The third kappa shape index (κ3) is 3.67. The predicted molar refractivity (Wildman–Crippen MR) is 84.7 cm³/mol. The highest BCUT2D eigenvalue weighted by molar-refractivity contribution is 6.31. The monoisotopic (exact) mass is 353 g/mol. The number of imide groups is 1. The van der Waals surface area contributed by atoms with Gasteiger partial charge < -0.3 is 10.2 Å². The molecule has 1 atom stereocenters.